The zero-order valence-electron chi connectivity index (χ0n) is 22.8. The summed E-state index contributed by atoms with van der Waals surface area (Å²) in [6, 6.07) is 24.0. The number of fused-ring (bicyclic) bond motifs is 1. The highest BCUT2D eigenvalue weighted by Gasteiger charge is 2.33. The number of ether oxygens (including phenoxy) is 1. The van der Waals surface area contributed by atoms with Crippen molar-refractivity contribution in [2.24, 2.45) is 16.3 Å². The number of para-hydroxylation sites is 1. The van der Waals surface area contributed by atoms with E-state index in [0.29, 0.717) is 18.1 Å². The second-order valence-corrected chi connectivity index (χ2v) is 14.6. The molecule has 0 radical (unpaired) electrons. The molecule has 4 aromatic rings. The standard InChI is InChI=1S/C33H32I2N2O2S/c1-33(2,3)23-14-15-26-28(17-23)40-32(29(26)31(38)37-25-12-8-5-9-13-25)36-19-22-16-24(34)18-27(35)30(22)39-20-21-10-6-4-7-11-21/h4-13,16,18-19,23H,14-15,17,20H2,1-3H3,(H,37,38)/t23-/m1/s1. The lowest BCUT2D eigenvalue weighted by Crippen LogP contribution is -2.27. The molecule has 1 heterocycles. The first kappa shape index (κ1) is 29.3. The van der Waals surface area contributed by atoms with Crippen LogP contribution in [0.15, 0.2) is 77.8 Å². The number of thiophene rings is 1. The van der Waals surface area contributed by atoms with E-state index in [1.165, 1.54) is 4.88 Å². The molecule has 3 aromatic carbocycles. The number of carbonyl (C=O) groups is 1. The third-order valence-electron chi connectivity index (χ3n) is 7.31. The van der Waals surface area contributed by atoms with E-state index in [-0.39, 0.29) is 11.3 Å². The summed E-state index contributed by atoms with van der Waals surface area (Å²) in [6.45, 7) is 7.42. The molecule has 0 unspecified atom stereocenters. The van der Waals surface area contributed by atoms with Gasteiger partial charge in [-0.1, -0.05) is 69.3 Å². The van der Waals surface area contributed by atoms with Crippen LogP contribution in [0, 0.1) is 18.5 Å². The maximum atomic E-state index is 13.7. The van der Waals surface area contributed by atoms with Gasteiger partial charge >= 0.3 is 0 Å². The highest BCUT2D eigenvalue weighted by atomic mass is 127. The number of aliphatic imine (C=N–C) groups is 1. The maximum absolute atomic E-state index is 13.7. The minimum Gasteiger partial charge on any atom is -0.487 e. The van der Waals surface area contributed by atoms with E-state index in [9.17, 15) is 4.79 Å². The number of amides is 1. The van der Waals surface area contributed by atoms with Crippen molar-refractivity contribution in [2.75, 3.05) is 5.32 Å². The molecule has 1 aliphatic carbocycles. The summed E-state index contributed by atoms with van der Waals surface area (Å²) in [6.07, 6.45) is 4.82. The number of hydrogen-bond donors (Lipinski definition) is 1. The van der Waals surface area contributed by atoms with E-state index in [1.807, 2.05) is 54.7 Å². The van der Waals surface area contributed by atoms with E-state index in [2.05, 4.69) is 95.5 Å². The van der Waals surface area contributed by atoms with Gasteiger partial charge in [0.15, 0.2) is 0 Å². The number of rotatable bonds is 7. The summed E-state index contributed by atoms with van der Waals surface area (Å²) < 4.78 is 8.45. The van der Waals surface area contributed by atoms with Crippen molar-refractivity contribution in [3.05, 3.63) is 107 Å². The first-order valence-electron chi connectivity index (χ1n) is 13.4. The Morgan fingerprint density at radius 2 is 1.77 bits per heavy atom. The van der Waals surface area contributed by atoms with Gasteiger partial charge in [0.05, 0.1) is 9.13 Å². The predicted octanol–water partition coefficient (Wildman–Crippen LogP) is 9.69. The van der Waals surface area contributed by atoms with E-state index in [1.54, 1.807) is 11.3 Å². The smallest absolute Gasteiger partial charge is 0.259 e. The molecule has 40 heavy (non-hydrogen) atoms. The average Bonchev–Trinajstić information content (AvgIpc) is 3.30. The molecule has 0 fully saturated rings. The average molecular weight is 775 g/mol. The molecule has 1 aromatic heterocycles. The van der Waals surface area contributed by atoms with Gasteiger partial charge in [0.25, 0.3) is 5.91 Å². The fraction of sp³-hybridized carbons (Fsp3) is 0.273. The fourth-order valence-electron chi connectivity index (χ4n) is 5.04. The second-order valence-electron chi connectivity index (χ2n) is 11.1. The molecule has 5 rings (SSSR count). The number of benzene rings is 3. The van der Waals surface area contributed by atoms with Crippen LogP contribution < -0.4 is 10.1 Å². The third kappa shape index (κ3) is 6.97. The maximum Gasteiger partial charge on any atom is 0.259 e. The predicted molar refractivity (Wildman–Crippen MR) is 184 cm³/mol. The molecular weight excluding hydrogens is 742 g/mol. The normalized spacial score (nSPS) is 15.2. The van der Waals surface area contributed by atoms with Crippen LogP contribution in [-0.4, -0.2) is 12.1 Å². The molecule has 1 amide bonds. The number of nitrogens with zero attached hydrogens (tertiary/aromatic N) is 1. The van der Waals surface area contributed by atoms with E-state index >= 15 is 0 Å². The number of nitrogens with one attached hydrogen (secondary N) is 1. The van der Waals surface area contributed by atoms with Gasteiger partial charge in [-0.15, -0.1) is 11.3 Å². The Labute approximate surface area is 267 Å². The molecule has 0 bridgehead atoms. The van der Waals surface area contributed by atoms with Crippen molar-refractivity contribution >= 4 is 79.3 Å². The molecule has 1 N–H and O–H groups in total. The summed E-state index contributed by atoms with van der Waals surface area (Å²) in [5.41, 5.74) is 4.89. The van der Waals surface area contributed by atoms with Gasteiger partial charge < -0.3 is 10.1 Å². The monoisotopic (exact) mass is 774 g/mol. The van der Waals surface area contributed by atoms with Crippen molar-refractivity contribution in [2.45, 2.75) is 46.6 Å². The quantitative estimate of drug-likeness (QED) is 0.150. The summed E-state index contributed by atoms with van der Waals surface area (Å²) in [7, 11) is 0. The highest BCUT2D eigenvalue weighted by molar-refractivity contribution is 14.1. The third-order valence-corrected chi connectivity index (χ3v) is 9.90. The van der Waals surface area contributed by atoms with Crippen LogP contribution in [0.5, 0.6) is 5.75 Å². The summed E-state index contributed by atoms with van der Waals surface area (Å²) in [5, 5.41) is 3.87. The van der Waals surface area contributed by atoms with Crippen LogP contribution in [0.3, 0.4) is 0 Å². The minimum absolute atomic E-state index is 0.0946. The topological polar surface area (TPSA) is 50.7 Å². The lowest BCUT2D eigenvalue weighted by atomic mass is 9.72. The van der Waals surface area contributed by atoms with Crippen LogP contribution in [0.2, 0.25) is 0 Å². The molecule has 1 aliphatic rings. The van der Waals surface area contributed by atoms with Gasteiger partial charge in [0, 0.05) is 25.9 Å². The van der Waals surface area contributed by atoms with Crippen molar-refractivity contribution in [3.8, 4) is 5.75 Å². The van der Waals surface area contributed by atoms with Crippen molar-refractivity contribution < 1.29 is 9.53 Å². The first-order chi connectivity index (χ1) is 19.2. The summed E-state index contributed by atoms with van der Waals surface area (Å²) in [4.78, 5) is 19.9. The van der Waals surface area contributed by atoms with Crippen LogP contribution in [0.4, 0.5) is 10.7 Å². The van der Waals surface area contributed by atoms with Gasteiger partial charge in [-0.2, -0.15) is 0 Å². The Morgan fingerprint density at radius 3 is 2.48 bits per heavy atom. The molecule has 0 saturated carbocycles. The summed E-state index contributed by atoms with van der Waals surface area (Å²) >= 11 is 6.31. The molecule has 206 valence electrons. The van der Waals surface area contributed by atoms with Crippen molar-refractivity contribution in [3.63, 3.8) is 0 Å². The molecule has 0 saturated heterocycles. The zero-order valence-corrected chi connectivity index (χ0v) is 28.0. The lowest BCUT2D eigenvalue weighted by molar-refractivity contribution is 0.102. The Hall–Kier alpha value is -2.24. The van der Waals surface area contributed by atoms with Crippen LogP contribution in [0.25, 0.3) is 0 Å². The van der Waals surface area contributed by atoms with E-state index < -0.39 is 0 Å². The van der Waals surface area contributed by atoms with Gasteiger partial charge in [-0.05, 0) is 111 Å². The van der Waals surface area contributed by atoms with Crippen molar-refractivity contribution in [1.82, 2.24) is 0 Å². The van der Waals surface area contributed by atoms with Gasteiger partial charge in [-0.25, -0.2) is 4.99 Å². The molecule has 1 atom stereocenters. The zero-order chi connectivity index (χ0) is 28.3. The van der Waals surface area contributed by atoms with Crippen LogP contribution in [0.1, 0.15) is 59.1 Å². The second kappa shape index (κ2) is 12.7. The van der Waals surface area contributed by atoms with Gasteiger partial charge in [0.1, 0.15) is 17.4 Å². The Morgan fingerprint density at radius 1 is 1.07 bits per heavy atom. The van der Waals surface area contributed by atoms with Crippen molar-refractivity contribution in [1.29, 1.82) is 0 Å². The Kier molecular flexibility index (Phi) is 9.31. The van der Waals surface area contributed by atoms with Crippen LogP contribution >= 0.6 is 56.5 Å². The molecule has 4 nitrogen and oxygen atoms in total. The van der Waals surface area contributed by atoms with E-state index in [4.69, 9.17) is 9.73 Å². The number of anilines is 1. The first-order valence-corrected chi connectivity index (χ1v) is 16.4. The van der Waals surface area contributed by atoms with Crippen LogP contribution in [-0.2, 0) is 19.4 Å². The van der Waals surface area contributed by atoms with Gasteiger partial charge in [-0.3, -0.25) is 4.79 Å². The SMILES string of the molecule is CC(C)(C)[C@@H]1CCc2c(sc(N=Cc3cc(I)cc(I)c3OCc3ccccc3)c2C(=O)Nc2ccccc2)C1. The number of carbonyl (C=O) groups excluding carboxylic acids is 1. The number of hydrogen-bond acceptors (Lipinski definition) is 4. The highest BCUT2D eigenvalue weighted by Crippen LogP contribution is 2.45. The molecule has 0 spiro atoms. The molecular formula is C33H32I2N2O2S. The van der Waals surface area contributed by atoms with E-state index in [0.717, 1.165) is 59.5 Å². The minimum atomic E-state index is -0.0946. The molecule has 7 heteroatoms. The fourth-order valence-corrected chi connectivity index (χ4v) is 8.35. The van der Waals surface area contributed by atoms with Gasteiger partial charge in [0.2, 0.25) is 0 Å². The number of halogens is 2. The largest absolute Gasteiger partial charge is 0.487 e. The summed E-state index contributed by atoms with van der Waals surface area (Å²) in [5.74, 6) is 1.29. The lowest BCUT2D eigenvalue weighted by Gasteiger charge is -2.33. The Bertz CT molecular complexity index is 1530. The Balaban J connectivity index is 1.50. The molecule has 0 aliphatic heterocycles.